The van der Waals surface area contributed by atoms with Crippen molar-refractivity contribution in [2.75, 3.05) is 27.4 Å². The maximum absolute atomic E-state index is 12.3. The molecule has 1 amide bonds. The van der Waals surface area contributed by atoms with Gasteiger partial charge in [0.15, 0.2) is 18.1 Å². The monoisotopic (exact) mass is 397 g/mol. The Morgan fingerprint density at radius 3 is 2.42 bits per heavy atom. The Morgan fingerprint density at radius 2 is 1.85 bits per heavy atom. The Bertz CT molecular complexity index is 777. The normalized spacial score (nSPS) is 10.3. The van der Waals surface area contributed by atoms with E-state index in [0.29, 0.717) is 28.9 Å². The van der Waals surface area contributed by atoms with Crippen LogP contribution in [0.3, 0.4) is 0 Å². The highest BCUT2D eigenvalue weighted by Crippen LogP contribution is 2.28. The molecule has 0 spiro atoms. The first-order valence-corrected chi connectivity index (χ1v) is 9.09. The van der Waals surface area contributed by atoms with Gasteiger partial charge in [0.2, 0.25) is 0 Å². The number of thiophene rings is 1. The van der Waals surface area contributed by atoms with Crippen LogP contribution in [0.15, 0.2) is 30.3 Å². The summed E-state index contributed by atoms with van der Waals surface area (Å²) in [4.78, 5) is 27.1. The zero-order chi connectivity index (χ0) is 19.1. The van der Waals surface area contributed by atoms with E-state index in [1.165, 1.54) is 31.6 Å². The molecule has 6 nitrogen and oxygen atoms in total. The Kier molecular flexibility index (Phi) is 7.29. The zero-order valence-electron chi connectivity index (χ0n) is 14.8. The second-order valence-corrected chi connectivity index (χ2v) is 7.06. The van der Waals surface area contributed by atoms with E-state index in [1.807, 2.05) is 13.0 Å². The highest BCUT2D eigenvalue weighted by molar-refractivity contribution is 7.16. The number of hydrogen-bond acceptors (Lipinski definition) is 6. The number of ether oxygens (including phenoxy) is 3. The molecule has 0 radical (unpaired) electrons. The van der Waals surface area contributed by atoms with E-state index >= 15 is 0 Å². The molecule has 0 aliphatic carbocycles. The topological polar surface area (TPSA) is 65.1 Å². The lowest BCUT2D eigenvalue weighted by molar-refractivity contribution is -0.134. The van der Waals surface area contributed by atoms with E-state index in [9.17, 15) is 9.59 Å². The summed E-state index contributed by atoms with van der Waals surface area (Å²) >= 11 is 7.33. The summed E-state index contributed by atoms with van der Waals surface area (Å²) in [5.41, 5.74) is 0.281. The average molecular weight is 398 g/mol. The Morgan fingerprint density at radius 1 is 1.12 bits per heavy atom. The quantitative estimate of drug-likeness (QED) is 0.636. The Balaban J connectivity index is 1.95. The molecule has 0 atom stereocenters. The van der Waals surface area contributed by atoms with Gasteiger partial charge >= 0.3 is 5.97 Å². The molecule has 0 saturated carbocycles. The number of hydrogen-bond donors (Lipinski definition) is 0. The molecule has 0 unspecified atom stereocenters. The molecule has 0 fully saturated rings. The van der Waals surface area contributed by atoms with Crippen LogP contribution in [0.5, 0.6) is 11.5 Å². The maximum atomic E-state index is 12.3. The number of esters is 1. The molecule has 1 aromatic carbocycles. The van der Waals surface area contributed by atoms with Crippen molar-refractivity contribution in [2.45, 2.75) is 13.5 Å². The van der Waals surface area contributed by atoms with Crippen molar-refractivity contribution in [1.29, 1.82) is 0 Å². The summed E-state index contributed by atoms with van der Waals surface area (Å²) in [6, 6.07) is 8.34. The van der Waals surface area contributed by atoms with Gasteiger partial charge in [-0.05, 0) is 37.3 Å². The fraction of sp³-hybridized carbons (Fsp3) is 0.333. The lowest BCUT2D eigenvalue weighted by Crippen LogP contribution is -2.33. The number of halogens is 1. The summed E-state index contributed by atoms with van der Waals surface area (Å²) in [5.74, 6) is 0.0466. The van der Waals surface area contributed by atoms with Crippen LogP contribution in [0.25, 0.3) is 0 Å². The number of likely N-dealkylation sites (N-methyl/N-ethyl adjacent to an activating group) is 1. The molecular formula is C18H20ClNO5S. The molecule has 0 aliphatic rings. The van der Waals surface area contributed by atoms with Gasteiger partial charge in [0.25, 0.3) is 5.91 Å². The number of methoxy groups -OCH3 is 2. The van der Waals surface area contributed by atoms with Crippen molar-refractivity contribution in [3.63, 3.8) is 0 Å². The first-order chi connectivity index (χ1) is 12.5. The zero-order valence-corrected chi connectivity index (χ0v) is 16.4. The van der Waals surface area contributed by atoms with Crippen LogP contribution in [0.2, 0.25) is 4.34 Å². The number of rotatable bonds is 8. The second-order valence-electron chi connectivity index (χ2n) is 5.26. The lowest BCUT2D eigenvalue weighted by atomic mass is 10.2. The molecule has 8 heteroatoms. The van der Waals surface area contributed by atoms with Gasteiger partial charge in [-0.3, -0.25) is 4.79 Å². The minimum absolute atomic E-state index is 0.272. The summed E-state index contributed by atoms with van der Waals surface area (Å²) in [5, 5.41) is 0. The minimum Gasteiger partial charge on any atom is -0.493 e. The van der Waals surface area contributed by atoms with E-state index < -0.39 is 5.97 Å². The molecule has 0 aliphatic heterocycles. The van der Waals surface area contributed by atoms with E-state index in [0.717, 1.165) is 4.88 Å². The van der Waals surface area contributed by atoms with Crippen LogP contribution in [0, 0.1) is 0 Å². The van der Waals surface area contributed by atoms with Crippen molar-refractivity contribution in [2.24, 2.45) is 0 Å². The molecular weight excluding hydrogens is 378 g/mol. The van der Waals surface area contributed by atoms with Crippen molar-refractivity contribution < 1.29 is 23.8 Å². The van der Waals surface area contributed by atoms with Crippen molar-refractivity contribution in [1.82, 2.24) is 4.90 Å². The van der Waals surface area contributed by atoms with Crippen LogP contribution in [-0.4, -0.2) is 44.1 Å². The molecule has 2 aromatic rings. The van der Waals surface area contributed by atoms with Gasteiger partial charge < -0.3 is 19.1 Å². The summed E-state index contributed by atoms with van der Waals surface area (Å²) in [6.07, 6.45) is 0. The van der Waals surface area contributed by atoms with Gasteiger partial charge in [0.05, 0.1) is 30.7 Å². The molecule has 26 heavy (non-hydrogen) atoms. The van der Waals surface area contributed by atoms with E-state index in [1.54, 1.807) is 23.1 Å². The minimum atomic E-state index is -0.602. The van der Waals surface area contributed by atoms with Crippen molar-refractivity contribution in [3.8, 4) is 11.5 Å². The van der Waals surface area contributed by atoms with Gasteiger partial charge in [0.1, 0.15) is 0 Å². The Hall–Kier alpha value is -2.25. The van der Waals surface area contributed by atoms with Gasteiger partial charge in [-0.25, -0.2) is 4.79 Å². The van der Waals surface area contributed by atoms with Crippen LogP contribution in [0.4, 0.5) is 0 Å². The van der Waals surface area contributed by atoms with Crippen LogP contribution < -0.4 is 9.47 Å². The van der Waals surface area contributed by atoms with Gasteiger partial charge in [-0.15, -0.1) is 11.3 Å². The van der Waals surface area contributed by atoms with E-state index in [-0.39, 0.29) is 18.1 Å². The predicted molar refractivity (Wildman–Crippen MR) is 100 cm³/mol. The average Bonchev–Trinajstić information content (AvgIpc) is 3.07. The first kappa shape index (κ1) is 20.1. The summed E-state index contributed by atoms with van der Waals surface area (Å²) in [7, 11) is 2.99. The fourth-order valence-electron chi connectivity index (χ4n) is 2.27. The molecule has 2 rings (SSSR count). The molecule has 140 valence electrons. The van der Waals surface area contributed by atoms with Crippen molar-refractivity contribution in [3.05, 3.63) is 45.1 Å². The molecule has 1 aromatic heterocycles. The van der Waals surface area contributed by atoms with Crippen LogP contribution in [0.1, 0.15) is 22.2 Å². The maximum Gasteiger partial charge on any atom is 0.338 e. The fourth-order valence-corrected chi connectivity index (χ4v) is 3.37. The SMILES string of the molecule is CCN(Cc1ccc(Cl)s1)C(=O)COC(=O)c1ccc(OC)c(OC)c1. The molecule has 0 saturated heterocycles. The highest BCUT2D eigenvalue weighted by Gasteiger charge is 2.17. The van der Waals surface area contributed by atoms with Gasteiger partial charge in [-0.2, -0.15) is 0 Å². The van der Waals surface area contributed by atoms with Gasteiger partial charge in [0, 0.05) is 11.4 Å². The van der Waals surface area contributed by atoms with Crippen molar-refractivity contribution >= 4 is 34.8 Å². The number of carbonyl (C=O) groups is 2. The predicted octanol–water partition coefficient (Wildman–Crippen LogP) is 3.62. The first-order valence-electron chi connectivity index (χ1n) is 7.89. The second kappa shape index (κ2) is 9.45. The number of carbonyl (C=O) groups excluding carboxylic acids is 2. The third-order valence-electron chi connectivity index (χ3n) is 3.66. The highest BCUT2D eigenvalue weighted by atomic mass is 35.5. The molecule has 0 bridgehead atoms. The molecule has 1 heterocycles. The third-order valence-corrected chi connectivity index (χ3v) is 4.87. The summed E-state index contributed by atoms with van der Waals surface area (Å²) in [6.45, 7) is 2.46. The lowest BCUT2D eigenvalue weighted by Gasteiger charge is -2.20. The number of nitrogens with zero attached hydrogens (tertiary/aromatic N) is 1. The standard InChI is InChI=1S/C18H20ClNO5S/c1-4-20(10-13-6-8-16(19)26-13)17(21)11-25-18(22)12-5-7-14(23-2)15(9-12)24-3/h5-9H,4,10-11H2,1-3H3. The Labute approximate surface area is 161 Å². The van der Waals surface area contributed by atoms with E-state index in [2.05, 4.69) is 0 Å². The number of benzene rings is 1. The van der Waals surface area contributed by atoms with E-state index in [4.69, 9.17) is 25.8 Å². The largest absolute Gasteiger partial charge is 0.493 e. The van der Waals surface area contributed by atoms with Gasteiger partial charge in [-0.1, -0.05) is 11.6 Å². The smallest absolute Gasteiger partial charge is 0.338 e. The summed E-state index contributed by atoms with van der Waals surface area (Å²) < 4.78 is 16.1. The molecule has 0 N–H and O–H groups in total. The van der Waals surface area contributed by atoms with Crippen LogP contribution >= 0.6 is 22.9 Å². The van der Waals surface area contributed by atoms with Crippen LogP contribution in [-0.2, 0) is 16.1 Å². The number of amides is 1. The third kappa shape index (κ3) is 5.12.